The third-order valence-electron chi connectivity index (χ3n) is 3.15. The van der Waals surface area contributed by atoms with Crippen LogP contribution in [0.3, 0.4) is 0 Å². The molecule has 0 fully saturated rings. The maximum absolute atomic E-state index is 11.7. The first kappa shape index (κ1) is 15.2. The zero-order valence-corrected chi connectivity index (χ0v) is 12.6. The summed E-state index contributed by atoms with van der Waals surface area (Å²) in [5, 5.41) is 3.34. The quantitative estimate of drug-likeness (QED) is 0.849. The Morgan fingerprint density at radius 1 is 1.19 bits per heavy atom. The number of rotatable bonds is 7. The summed E-state index contributed by atoms with van der Waals surface area (Å²) in [5.41, 5.74) is 2.14. The summed E-state index contributed by atoms with van der Waals surface area (Å²) in [5.74, 6) is 0.882. The topological polar surface area (TPSA) is 43.3 Å². The Kier molecular flexibility index (Phi) is 5.43. The van der Waals surface area contributed by atoms with Crippen molar-refractivity contribution in [1.82, 2.24) is 4.57 Å². The number of anilines is 1. The maximum atomic E-state index is 11.7. The number of benzene rings is 1. The van der Waals surface area contributed by atoms with Gasteiger partial charge in [0.15, 0.2) is 0 Å². The number of hydrogen-bond donors (Lipinski definition) is 1. The molecule has 1 aromatic carbocycles. The van der Waals surface area contributed by atoms with Crippen molar-refractivity contribution in [1.29, 1.82) is 0 Å². The van der Waals surface area contributed by atoms with Crippen molar-refractivity contribution in [2.75, 3.05) is 11.9 Å². The van der Waals surface area contributed by atoms with Gasteiger partial charge in [-0.15, -0.1) is 0 Å². The summed E-state index contributed by atoms with van der Waals surface area (Å²) in [6.07, 6.45) is 2.82. The summed E-state index contributed by atoms with van der Waals surface area (Å²) in [4.78, 5) is 11.7. The fourth-order valence-corrected chi connectivity index (χ4v) is 2.17. The van der Waals surface area contributed by atoms with Crippen molar-refractivity contribution < 1.29 is 4.74 Å². The molecule has 0 atom stereocenters. The predicted octanol–water partition coefficient (Wildman–Crippen LogP) is 3.27. The van der Waals surface area contributed by atoms with E-state index in [2.05, 4.69) is 18.3 Å². The van der Waals surface area contributed by atoms with Crippen LogP contribution < -0.4 is 15.6 Å². The molecule has 0 aliphatic rings. The lowest BCUT2D eigenvalue weighted by Crippen LogP contribution is -2.18. The molecule has 4 heteroatoms. The molecule has 0 radical (unpaired) electrons. The van der Waals surface area contributed by atoms with Gasteiger partial charge in [0.2, 0.25) is 0 Å². The lowest BCUT2D eigenvalue weighted by Gasteiger charge is -2.10. The van der Waals surface area contributed by atoms with Crippen LogP contribution in [-0.2, 0) is 13.1 Å². The molecule has 21 heavy (non-hydrogen) atoms. The SMILES string of the molecule is CCCn1cc(NCc2cccc(OCC)c2)ccc1=O. The molecule has 0 saturated carbocycles. The van der Waals surface area contributed by atoms with Crippen molar-refractivity contribution in [3.63, 3.8) is 0 Å². The lowest BCUT2D eigenvalue weighted by atomic mass is 10.2. The molecule has 112 valence electrons. The third kappa shape index (κ3) is 4.38. The number of nitrogens with zero attached hydrogens (tertiary/aromatic N) is 1. The van der Waals surface area contributed by atoms with Crippen LogP contribution in [0, 0.1) is 0 Å². The van der Waals surface area contributed by atoms with Gasteiger partial charge in [-0.05, 0) is 37.1 Å². The first-order valence-electron chi connectivity index (χ1n) is 7.39. The van der Waals surface area contributed by atoms with Crippen molar-refractivity contribution in [2.45, 2.75) is 33.4 Å². The van der Waals surface area contributed by atoms with E-state index >= 15 is 0 Å². The minimum absolute atomic E-state index is 0.0424. The Labute approximate surface area is 125 Å². The second-order valence-electron chi connectivity index (χ2n) is 4.88. The van der Waals surface area contributed by atoms with Gasteiger partial charge in [0, 0.05) is 25.4 Å². The first-order valence-corrected chi connectivity index (χ1v) is 7.39. The molecule has 0 aliphatic carbocycles. The molecule has 1 aromatic heterocycles. The number of aryl methyl sites for hydroxylation is 1. The summed E-state index contributed by atoms with van der Waals surface area (Å²) >= 11 is 0. The van der Waals surface area contributed by atoms with Crippen LogP contribution >= 0.6 is 0 Å². The van der Waals surface area contributed by atoms with Crippen LogP contribution in [0.15, 0.2) is 47.4 Å². The van der Waals surface area contributed by atoms with Gasteiger partial charge in [0.1, 0.15) is 5.75 Å². The van der Waals surface area contributed by atoms with E-state index in [1.54, 1.807) is 10.6 Å². The van der Waals surface area contributed by atoms with Gasteiger partial charge in [0.25, 0.3) is 5.56 Å². The van der Waals surface area contributed by atoms with Crippen LogP contribution in [0.2, 0.25) is 0 Å². The van der Waals surface area contributed by atoms with Crippen LogP contribution in [0.1, 0.15) is 25.8 Å². The van der Waals surface area contributed by atoms with E-state index in [-0.39, 0.29) is 5.56 Å². The molecule has 0 unspecified atom stereocenters. The molecule has 1 heterocycles. The summed E-state index contributed by atoms with van der Waals surface area (Å²) in [7, 11) is 0. The zero-order valence-electron chi connectivity index (χ0n) is 12.6. The molecular weight excluding hydrogens is 264 g/mol. The maximum Gasteiger partial charge on any atom is 0.250 e. The number of ether oxygens (including phenoxy) is 1. The molecular formula is C17H22N2O2. The van der Waals surface area contributed by atoms with Gasteiger partial charge in [0.05, 0.1) is 12.3 Å². The second kappa shape index (κ2) is 7.53. The third-order valence-corrected chi connectivity index (χ3v) is 3.15. The summed E-state index contributed by atoms with van der Waals surface area (Å²) < 4.78 is 7.23. The van der Waals surface area contributed by atoms with E-state index in [1.807, 2.05) is 37.4 Å². The molecule has 0 aliphatic heterocycles. The molecule has 2 aromatic rings. The Balaban J connectivity index is 2.04. The van der Waals surface area contributed by atoms with Crippen LogP contribution in [0.25, 0.3) is 0 Å². The van der Waals surface area contributed by atoms with Crippen molar-refractivity contribution in [2.24, 2.45) is 0 Å². The molecule has 0 spiro atoms. The molecule has 4 nitrogen and oxygen atoms in total. The Bertz CT molecular complexity index is 635. The van der Waals surface area contributed by atoms with Crippen molar-refractivity contribution in [3.8, 4) is 5.75 Å². The molecule has 0 amide bonds. The van der Waals surface area contributed by atoms with Crippen LogP contribution in [0.5, 0.6) is 5.75 Å². The summed E-state index contributed by atoms with van der Waals surface area (Å²) in [6, 6.07) is 11.4. The average molecular weight is 286 g/mol. The highest BCUT2D eigenvalue weighted by atomic mass is 16.5. The van der Waals surface area contributed by atoms with E-state index < -0.39 is 0 Å². The van der Waals surface area contributed by atoms with Gasteiger partial charge in [-0.1, -0.05) is 19.1 Å². The van der Waals surface area contributed by atoms with Gasteiger partial charge >= 0.3 is 0 Å². The highest BCUT2D eigenvalue weighted by molar-refractivity contribution is 5.41. The van der Waals surface area contributed by atoms with Crippen LogP contribution in [-0.4, -0.2) is 11.2 Å². The lowest BCUT2D eigenvalue weighted by molar-refractivity contribution is 0.340. The standard InChI is InChI=1S/C17H22N2O2/c1-3-10-19-13-15(8-9-17(19)20)18-12-14-6-5-7-16(11-14)21-4-2/h5-9,11,13,18H,3-4,10,12H2,1-2H3. The largest absolute Gasteiger partial charge is 0.494 e. The van der Waals surface area contributed by atoms with Gasteiger partial charge in [-0.3, -0.25) is 4.79 Å². The summed E-state index contributed by atoms with van der Waals surface area (Å²) in [6.45, 7) is 6.14. The van der Waals surface area contributed by atoms with E-state index in [9.17, 15) is 4.79 Å². The van der Waals surface area contributed by atoms with E-state index in [0.717, 1.165) is 30.0 Å². The fraction of sp³-hybridized carbons (Fsp3) is 0.353. The predicted molar refractivity (Wildman–Crippen MR) is 85.9 cm³/mol. The Morgan fingerprint density at radius 2 is 2.05 bits per heavy atom. The minimum atomic E-state index is 0.0424. The fourth-order valence-electron chi connectivity index (χ4n) is 2.17. The van der Waals surface area contributed by atoms with E-state index in [4.69, 9.17) is 4.74 Å². The minimum Gasteiger partial charge on any atom is -0.494 e. The smallest absolute Gasteiger partial charge is 0.250 e. The number of pyridine rings is 1. The zero-order chi connectivity index (χ0) is 15.1. The average Bonchev–Trinajstić information content (AvgIpc) is 2.49. The molecule has 1 N–H and O–H groups in total. The Morgan fingerprint density at radius 3 is 2.81 bits per heavy atom. The van der Waals surface area contributed by atoms with Gasteiger partial charge in [-0.25, -0.2) is 0 Å². The molecule has 2 rings (SSSR count). The number of hydrogen-bond acceptors (Lipinski definition) is 3. The van der Waals surface area contributed by atoms with Crippen molar-refractivity contribution in [3.05, 3.63) is 58.5 Å². The second-order valence-corrected chi connectivity index (χ2v) is 4.88. The van der Waals surface area contributed by atoms with Crippen LogP contribution in [0.4, 0.5) is 5.69 Å². The molecule has 0 saturated heterocycles. The van der Waals surface area contributed by atoms with E-state index in [0.29, 0.717) is 13.2 Å². The normalized spacial score (nSPS) is 10.4. The monoisotopic (exact) mass is 286 g/mol. The highest BCUT2D eigenvalue weighted by Gasteiger charge is 2.00. The Hall–Kier alpha value is -2.23. The number of aromatic nitrogens is 1. The van der Waals surface area contributed by atoms with E-state index in [1.165, 1.54) is 0 Å². The number of nitrogens with one attached hydrogen (secondary N) is 1. The highest BCUT2D eigenvalue weighted by Crippen LogP contribution is 2.14. The van der Waals surface area contributed by atoms with Crippen molar-refractivity contribution >= 4 is 5.69 Å². The van der Waals surface area contributed by atoms with Gasteiger partial charge in [-0.2, -0.15) is 0 Å². The van der Waals surface area contributed by atoms with Gasteiger partial charge < -0.3 is 14.6 Å². The first-order chi connectivity index (χ1) is 10.2. The molecule has 0 bridgehead atoms.